The third kappa shape index (κ3) is 2.70. The Morgan fingerprint density at radius 3 is 2.60 bits per heavy atom. The second-order valence-electron chi connectivity index (χ2n) is 4.24. The van der Waals surface area contributed by atoms with E-state index in [4.69, 9.17) is 16.3 Å². The number of methoxy groups -OCH3 is 1. The van der Waals surface area contributed by atoms with Crippen LogP contribution in [0.3, 0.4) is 0 Å². The van der Waals surface area contributed by atoms with Crippen molar-refractivity contribution in [2.24, 2.45) is 0 Å². The van der Waals surface area contributed by atoms with Crippen molar-refractivity contribution in [3.05, 3.63) is 52.5 Å². The lowest BCUT2D eigenvalue weighted by Gasteiger charge is -2.12. The Labute approximate surface area is 122 Å². The summed E-state index contributed by atoms with van der Waals surface area (Å²) in [5, 5.41) is 13.1. The van der Waals surface area contributed by atoms with E-state index in [2.05, 4.69) is 5.32 Å². The molecule has 0 spiro atoms. The Morgan fingerprint density at radius 2 is 1.95 bits per heavy atom. The second-order valence-corrected chi connectivity index (χ2v) is 4.65. The quantitative estimate of drug-likeness (QED) is 0.908. The molecule has 0 aliphatic heterocycles. The minimum absolute atomic E-state index is 0.128. The zero-order valence-corrected chi connectivity index (χ0v) is 11.9. The summed E-state index contributed by atoms with van der Waals surface area (Å²) in [5.41, 5.74) is 1.50. The van der Waals surface area contributed by atoms with Crippen molar-refractivity contribution in [2.45, 2.75) is 6.92 Å². The Kier molecular flexibility index (Phi) is 4.15. The zero-order valence-electron chi connectivity index (χ0n) is 11.1. The highest BCUT2D eigenvalue weighted by molar-refractivity contribution is 6.34. The van der Waals surface area contributed by atoms with E-state index < -0.39 is 5.91 Å². The maximum atomic E-state index is 12.2. The smallest absolute Gasteiger partial charge is 0.259 e. The third-order valence-corrected chi connectivity index (χ3v) is 3.24. The zero-order chi connectivity index (χ0) is 14.7. The molecule has 4 nitrogen and oxygen atoms in total. The standard InChI is InChI=1S/C15H14ClNO3/c1-9-5-3-7-11(16)13(9)17-15(19)10-6-4-8-12(20-2)14(10)18/h3-8,18H,1-2H3,(H,17,19). The molecule has 0 aliphatic carbocycles. The first-order valence-electron chi connectivity index (χ1n) is 5.97. The van der Waals surface area contributed by atoms with E-state index in [9.17, 15) is 9.90 Å². The molecule has 0 atom stereocenters. The van der Waals surface area contributed by atoms with Gasteiger partial charge in [-0.25, -0.2) is 0 Å². The van der Waals surface area contributed by atoms with Crippen LogP contribution in [0.15, 0.2) is 36.4 Å². The molecule has 0 heterocycles. The van der Waals surface area contributed by atoms with Gasteiger partial charge in [-0.3, -0.25) is 4.79 Å². The van der Waals surface area contributed by atoms with Crippen LogP contribution >= 0.6 is 11.6 Å². The van der Waals surface area contributed by atoms with Gasteiger partial charge in [0.05, 0.1) is 23.4 Å². The minimum Gasteiger partial charge on any atom is -0.504 e. The maximum absolute atomic E-state index is 12.2. The fourth-order valence-corrected chi connectivity index (χ4v) is 2.11. The number of benzene rings is 2. The molecular weight excluding hydrogens is 278 g/mol. The molecule has 104 valence electrons. The van der Waals surface area contributed by atoms with E-state index in [-0.39, 0.29) is 17.1 Å². The first kappa shape index (κ1) is 14.2. The van der Waals surface area contributed by atoms with Crippen molar-refractivity contribution in [1.82, 2.24) is 0 Å². The number of para-hydroxylation sites is 2. The van der Waals surface area contributed by atoms with Gasteiger partial charge in [-0.2, -0.15) is 0 Å². The van der Waals surface area contributed by atoms with E-state index in [0.717, 1.165) is 5.56 Å². The van der Waals surface area contributed by atoms with Gasteiger partial charge in [-0.15, -0.1) is 0 Å². The average Bonchev–Trinajstić information content (AvgIpc) is 2.43. The van der Waals surface area contributed by atoms with E-state index in [1.54, 1.807) is 24.3 Å². The molecule has 0 radical (unpaired) electrons. The molecule has 0 aromatic heterocycles. The summed E-state index contributed by atoms with van der Waals surface area (Å²) in [7, 11) is 1.43. The first-order valence-corrected chi connectivity index (χ1v) is 6.35. The number of hydrogen-bond acceptors (Lipinski definition) is 3. The number of halogens is 1. The highest BCUT2D eigenvalue weighted by Gasteiger charge is 2.16. The van der Waals surface area contributed by atoms with Gasteiger partial charge in [0.25, 0.3) is 5.91 Å². The van der Waals surface area contributed by atoms with Crippen molar-refractivity contribution in [1.29, 1.82) is 0 Å². The van der Waals surface area contributed by atoms with Crippen LogP contribution in [-0.2, 0) is 0 Å². The van der Waals surface area contributed by atoms with E-state index in [1.807, 2.05) is 13.0 Å². The number of amides is 1. The predicted octanol–water partition coefficient (Wildman–Crippen LogP) is 3.61. The molecule has 0 bridgehead atoms. The molecule has 5 heteroatoms. The molecule has 0 saturated heterocycles. The van der Waals surface area contributed by atoms with Gasteiger partial charge in [-0.05, 0) is 30.7 Å². The lowest BCUT2D eigenvalue weighted by Crippen LogP contribution is -2.13. The van der Waals surface area contributed by atoms with Gasteiger partial charge in [0.15, 0.2) is 11.5 Å². The van der Waals surface area contributed by atoms with Crippen LogP contribution in [-0.4, -0.2) is 18.1 Å². The molecule has 2 N–H and O–H groups in total. The monoisotopic (exact) mass is 291 g/mol. The number of rotatable bonds is 3. The molecule has 2 aromatic rings. The summed E-state index contributed by atoms with van der Waals surface area (Å²) < 4.78 is 4.98. The van der Waals surface area contributed by atoms with Gasteiger partial charge in [0.1, 0.15) is 0 Å². The van der Waals surface area contributed by atoms with Gasteiger partial charge in [0, 0.05) is 0 Å². The van der Waals surface area contributed by atoms with Crippen LogP contribution < -0.4 is 10.1 Å². The van der Waals surface area contributed by atoms with Crippen LogP contribution in [0.4, 0.5) is 5.69 Å². The molecule has 0 fully saturated rings. The van der Waals surface area contributed by atoms with Gasteiger partial charge >= 0.3 is 0 Å². The largest absolute Gasteiger partial charge is 0.504 e. The number of phenolic OH excluding ortho intramolecular Hbond substituents is 1. The van der Waals surface area contributed by atoms with Crippen molar-refractivity contribution in [2.75, 3.05) is 12.4 Å². The predicted molar refractivity (Wildman–Crippen MR) is 78.8 cm³/mol. The Morgan fingerprint density at radius 1 is 1.25 bits per heavy atom. The molecule has 0 saturated carbocycles. The van der Waals surface area contributed by atoms with E-state index in [1.165, 1.54) is 13.2 Å². The maximum Gasteiger partial charge on any atom is 0.259 e. The van der Waals surface area contributed by atoms with Crippen molar-refractivity contribution in [3.8, 4) is 11.5 Å². The SMILES string of the molecule is COc1cccc(C(=O)Nc2c(C)cccc2Cl)c1O. The summed E-state index contributed by atoms with van der Waals surface area (Å²) in [6.45, 7) is 1.84. The van der Waals surface area contributed by atoms with Crippen LogP contribution in [0.5, 0.6) is 11.5 Å². The fourth-order valence-electron chi connectivity index (χ4n) is 1.84. The molecule has 0 unspecified atom stereocenters. The third-order valence-electron chi connectivity index (χ3n) is 2.92. The Bertz CT molecular complexity index is 635. The van der Waals surface area contributed by atoms with Crippen molar-refractivity contribution < 1.29 is 14.6 Å². The highest BCUT2D eigenvalue weighted by Crippen LogP contribution is 2.31. The number of carbonyl (C=O) groups excluding carboxylic acids is 1. The average molecular weight is 292 g/mol. The van der Waals surface area contributed by atoms with E-state index >= 15 is 0 Å². The summed E-state index contributed by atoms with van der Waals surface area (Å²) in [5.74, 6) is -0.400. The minimum atomic E-state index is -0.447. The number of phenols is 1. The second kappa shape index (κ2) is 5.84. The number of ether oxygens (including phenoxy) is 1. The number of anilines is 1. The molecule has 2 aromatic carbocycles. The number of nitrogens with one attached hydrogen (secondary N) is 1. The summed E-state index contributed by atoms with van der Waals surface area (Å²) in [6, 6.07) is 10.1. The number of aryl methyl sites for hydroxylation is 1. The molecule has 0 aliphatic rings. The topological polar surface area (TPSA) is 58.6 Å². The number of hydrogen-bond donors (Lipinski definition) is 2. The van der Waals surface area contributed by atoms with Gasteiger partial charge in [0.2, 0.25) is 0 Å². The number of carbonyl (C=O) groups is 1. The number of aromatic hydroxyl groups is 1. The van der Waals surface area contributed by atoms with Gasteiger partial charge in [-0.1, -0.05) is 29.8 Å². The molecule has 2 rings (SSSR count). The van der Waals surface area contributed by atoms with Gasteiger partial charge < -0.3 is 15.2 Å². The molecular formula is C15H14ClNO3. The first-order chi connectivity index (χ1) is 9.54. The fraction of sp³-hybridized carbons (Fsp3) is 0.133. The molecule has 20 heavy (non-hydrogen) atoms. The van der Waals surface area contributed by atoms with Crippen LogP contribution in [0.25, 0.3) is 0 Å². The summed E-state index contributed by atoms with van der Waals surface area (Å²) >= 11 is 6.06. The lowest BCUT2D eigenvalue weighted by atomic mass is 10.1. The summed E-state index contributed by atoms with van der Waals surface area (Å²) in [6.07, 6.45) is 0. The van der Waals surface area contributed by atoms with Crippen molar-refractivity contribution >= 4 is 23.2 Å². The Balaban J connectivity index is 2.34. The highest BCUT2D eigenvalue weighted by atomic mass is 35.5. The van der Waals surface area contributed by atoms with Crippen LogP contribution in [0.2, 0.25) is 5.02 Å². The normalized spacial score (nSPS) is 10.2. The molecule has 1 amide bonds. The van der Waals surface area contributed by atoms with E-state index in [0.29, 0.717) is 10.7 Å². The van der Waals surface area contributed by atoms with Crippen molar-refractivity contribution in [3.63, 3.8) is 0 Å². The Hall–Kier alpha value is -2.20. The summed E-state index contributed by atoms with van der Waals surface area (Å²) in [4.78, 5) is 12.2. The lowest BCUT2D eigenvalue weighted by molar-refractivity contribution is 0.102. The van der Waals surface area contributed by atoms with Crippen LogP contribution in [0, 0.1) is 6.92 Å². The van der Waals surface area contributed by atoms with Crippen LogP contribution in [0.1, 0.15) is 15.9 Å².